The van der Waals surface area contributed by atoms with Gasteiger partial charge in [-0.05, 0) is 12.1 Å². The topological polar surface area (TPSA) is 62.0 Å². The van der Waals surface area contributed by atoms with Crippen LogP contribution in [0.4, 0.5) is 11.5 Å². The van der Waals surface area contributed by atoms with Crippen LogP contribution >= 0.6 is 11.6 Å². The summed E-state index contributed by atoms with van der Waals surface area (Å²) in [4.78, 5) is 9.84. The third-order valence-electron chi connectivity index (χ3n) is 2.59. The summed E-state index contributed by atoms with van der Waals surface area (Å²) in [5.74, 6) is 0.483. The molecule has 1 aromatic carbocycles. The van der Waals surface area contributed by atoms with Gasteiger partial charge in [-0.25, -0.2) is 4.98 Å². The van der Waals surface area contributed by atoms with Crippen LogP contribution in [0, 0.1) is 11.3 Å². The fourth-order valence-corrected chi connectivity index (χ4v) is 1.87. The second-order valence-corrected chi connectivity index (χ2v) is 4.12. The minimum atomic E-state index is 0.223. The molecule has 6 heteroatoms. The lowest BCUT2D eigenvalue weighted by Gasteiger charge is -2.20. The Balaban J connectivity index is 2.50. The molecule has 1 aromatic heterocycles. The molecule has 0 aliphatic rings. The number of hydrogen-bond donors (Lipinski definition) is 0. The van der Waals surface area contributed by atoms with Crippen molar-refractivity contribution < 1.29 is 4.74 Å². The van der Waals surface area contributed by atoms with Gasteiger partial charge in [-0.1, -0.05) is 23.7 Å². The minimum absolute atomic E-state index is 0.223. The van der Waals surface area contributed by atoms with Crippen molar-refractivity contribution in [3.8, 4) is 12.1 Å². The van der Waals surface area contributed by atoms with Crippen LogP contribution in [0.5, 0.6) is 6.01 Å². The second-order valence-electron chi connectivity index (χ2n) is 3.72. The Morgan fingerprint density at radius 1 is 1.37 bits per heavy atom. The Bertz CT molecular complexity index is 639. The van der Waals surface area contributed by atoms with E-state index >= 15 is 0 Å². The summed E-state index contributed by atoms with van der Waals surface area (Å²) in [6.45, 7) is 0. The Kier molecular flexibility index (Phi) is 3.83. The summed E-state index contributed by atoms with van der Waals surface area (Å²) < 4.78 is 4.98. The molecule has 96 valence electrons. The molecule has 5 nitrogen and oxygen atoms in total. The molecule has 0 bridgehead atoms. The third kappa shape index (κ3) is 2.59. The largest absolute Gasteiger partial charge is 0.467 e. The number of ether oxygens (including phenoxy) is 1. The molecule has 19 heavy (non-hydrogen) atoms. The zero-order valence-electron chi connectivity index (χ0n) is 10.5. The fourth-order valence-electron chi connectivity index (χ4n) is 1.65. The van der Waals surface area contributed by atoms with Crippen molar-refractivity contribution in [1.82, 2.24) is 9.97 Å². The van der Waals surface area contributed by atoms with Crippen molar-refractivity contribution in [2.24, 2.45) is 0 Å². The molecule has 0 fully saturated rings. The maximum absolute atomic E-state index is 9.12. The Morgan fingerprint density at radius 2 is 2.11 bits per heavy atom. The van der Waals surface area contributed by atoms with Crippen molar-refractivity contribution in [3.05, 3.63) is 41.0 Å². The molecule has 0 radical (unpaired) electrons. The molecule has 0 amide bonds. The first-order valence-corrected chi connectivity index (χ1v) is 5.84. The lowest BCUT2D eigenvalue weighted by molar-refractivity contribution is 0.380. The second kappa shape index (κ2) is 5.55. The molecule has 0 aliphatic carbocycles. The molecule has 0 atom stereocenters. The molecule has 0 aliphatic heterocycles. The van der Waals surface area contributed by atoms with Gasteiger partial charge in [0.25, 0.3) is 0 Å². The Labute approximate surface area is 116 Å². The van der Waals surface area contributed by atoms with Gasteiger partial charge >= 0.3 is 6.01 Å². The molecule has 2 aromatic rings. The lowest BCUT2D eigenvalue weighted by atomic mass is 10.2. The van der Waals surface area contributed by atoms with Crippen LogP contribution in [-0.4, -0.2) is 24.1 Å². The van der Waals surface area contributed by atoms with E-state index in [1.165, 1.54) is 13.3 Å². The van der Waals surface area contributed by atoms with E-state index in [0.29, 0.717) is 22.1 Å². The SMILES string of the molecule is COc1ncc(Cl)c(N(C)c2ccccc2C#N)n1. The van der Waals surface area contributed by atoms with Crippen molar-refractivity contribution in [3.63, 3.8) is 0 Å². The van der Waals surface area contributed by atoms with Gasteiger partial charge < -0.3 is 9.64 Å². The van der Waals surface area contributed by atoms with Crippen molar-refractivity contribution in [2.75, 3.05) is 19.1 Å². The number of aromatic nitrogens is 2. The van der Waals surface area contributed by atoms with Gasteiger partial charge in [-0.15, -0.1) is 0 Å². The van der Waals surface area contributed by atoms with E-state index in [1.807, 2.05) is 12.1 Å². The number of methoxy groups -OCH3 is 1. The highest BCUT2D eigenvalue weighted by atomic mass is 35.5. The highest BCUT2D eigenvalue weighted by Crippen LogP contribution is 2.31. The van der Waals surface area contributed by atoms with Gasteiger partial charge in [-0.3, -0.25) is 0 Å². The number of anilines is 2. The van der Waals surface area contributed by atoms with Gasteiger partial charge in [0.1, 0.15) is 11.1 Å². The molecule has 1 heterocycles. The van der Waals surface area contributed by atoms with Crippen LogP contribution in [0.3, 0.4) is 0 Å². The Morgan fingerprint density at radius 3 is 2.79 bits per heavy atom. The molecule has 0 saturated heterocycles. The van der Waals surface area contributed by atoms with E-state index in [4.69, 9.17) is 21.6 Å². The summed E-state index contributed by atoms with van der Waals surface area (Å²) in [7, 11) is 3.26. The average Bonchev–Trinajstić information content (AvgIpc) is 2.47. The molecular formula is C13H11ClN4O. The molecule has 0 unspecified atom stereocenters. The molecule has 0 N–H and O–H groups in total. The van der Waals surface area contributed by atoms with Crippen LogP contribution < -0.4 is 9.64 Å². The zero-order valence-corrected chi connectivity index (χ0v) is 11.2. The normalized spacial score (nSPS) is 9.79. The quantitative estimate of drug-likeness (QED) is 0.861. The number of rotatable bonds is 3. The lowest BCUT2D eigenvalue weighted by Crippen LogP contribution is -2.14. The maximum atomic E-state index is 9.12. The fraction of sp³-hybridized carbons (Fsp3) is 0.154. The first kappa shape index (κ1) is 13.1. The number of nitriles is 1. The van der Waals surface area contributed by atoms with Crippen LogP contribution in [0.1, 0.15) is 5.56 Å². The van der Waals surface area contributed by atoms with E-state index in [-0.39, 0.29) is 6.01 Å². The highest BCUT2D eigenvalue weighted by Gasteiger charge is 2.14. The number of nitrogens with zero attached hydrogens (tertiary/aromatic N) is 4. The standard InChI is InChI=1S/C13H11ClN4O/c1-18(11-6-4-3-5-9(11)7-15)12-10(14)8-16-13(17-12)19-2/h3-6,8H,1-2H3. The van der Waals surface area contributed by atoms with Crippen LogP contribution in [0.25, 0.3) is 0 Å². The van der Waals surface area contributed by atoms with E-state index in [0.717, 1.165) is 0 Å². The number of hydrogen-bond acceptors (Lipinski definition) is 5. The summed E-state index contributed by atoms with van der Waals surface area (Å²) >= 11 is 6.09. The van der Waals surface area contributed by atoms with Gasteiger partial charge in [0.2, 0.25) is 0 Å². The Hall–Kier alpha value is -2.32. The molecular weight excluding hydrogens is 264 g/mol. The minimum Gasteiger partial charge on any atom is -0.467 e. The smallest absolute Gasteiger partial charge is 0.318 e. The predicted molar refractivity (Wildman–Crippen MR) is 72.8 cm³/mol. The first-order chi connectivity index (χ1) is 9.17. The summed E-state index contributed by atoms with van der Waals surface area (Å²) in [5.41, 5.74) is 1.26. The number of benzene rings is 1. The summed E-state index contributed by atoms with van der Waals surface area (Å²) in [6, 6.07) is 9.56. The monoisotopic (exact) mass is 274 g/mol. The highest BCUT2D eigenvalue weighted by molar-refractivity contribution is 6.33. The first-order valence-electron chi connectivity index (χ1n) is 5.46. The third-order valence-corrected chi connectivity index (χ3v) is 2.86. The number of halogens is 1. The maximum Gasteiger partial charge on any atom is 0.318 e. The molecule has 2 rings (SSSR count). The average molecular weight is 275 g/mol. The van der Waals surface area contributed by atoms with Gasteiger partial charge in [0.05, 0.1) is 24.6 Å². The van der Waals surface area contributed by atoms with Crippen molar-refractivity contribution in [1.29, 1.82) is 5.26 Å². The molecule has 0 spiro atoms. The van der Waals surface area contributed by atoms with Crippen LogP contribution in [0.15, 0.2) is 30.5 Å². The van der Waals surface area contributed by atoms with E-state index in [9.17, 15) is 0 Å². The van der Waals surface area contributed by atoms with Crippen molar-refractivity contribution in [2.45, 2.75) is 0 Å². The van der Waals surface area contributed by atoms with E-state index < -0.39 is 0 Å². The van der Waals surface area contributed by atoms with Crippen molar-refractivity contribution >= 4 is 23.1 Å². The summed E-state index contributed by atoms with van der Waals surface area (Å²) in [6.07, 6.45) is 1.47. The van der Waals surface area contributed by atoms with Gasteiger partial charge in [0, 0.05) is 7.05 Å². The zero-order chi connectivity index (χ0) is 13.8. The van der Waals surface area contributed by atoms with Crippen LogP contribution in [-0.2, 0) is 0 Å². The van der Waals surface area contributed by atoms with E-state index in [2.05, 4.69) is 16.0 Å². The van der Waals surface area contributed by atoms with Gasteiger partial charge in [-0.2, -0.15) is 10.2 Å². The molecule has 0 saturated carbocycles. The predicted octanol–water partition coefficient (Wildman–Crippen LogP) is 2.78. The van der Waals surface area contributed by atoms with Gasteiger partial charge in [0.15, 0.2) is 5.82 Å². The van der Waals surface area contributed by atoms with E-state index in [1.54, 1.807) is 24.1 Å². The number of para-hydroxylation sites is 1. The summed E-state index contributed by atoms with van der Waals surface area (Å²) in [5, 5.41) is 9.50. The van der Waals surface area contributed by atoms with Crippen LogP contribution in [0.2, 0.25) is 5.02 Å².